The van der Waals surface area contributed by atoms with Crippen LogP contribution in [0.25, 0.3) is 10.1 Å². The zero-order valence-electron chi connectivity index (χ0n) is 8.81. The lowest BCUT2D eigenvalue weighted by Crippen LogP contribution is -1.95. The lowest BCUT2D eigenvalue weighted by Gasteiger charge is -2.01. The first-order valence-corrected chi connectivity index (χ1v) is 5.37. The van der Waals surface area contributed by atoms with Gasteiger partial charge in [0.05, 0.1) is 14.2 Å². The summed E-state index contributed by atoms with van der Waals surface area (Å²) >= 11 is 1.20. The predicted molar refractivity (Wildman–Crippen MR) is 61.9 cm³/mol. The van der Waals surface area contributed by atoms with Crippen molar-refractivity contribution >= 4 is 27.4 Å². The van der Waals surface area contributed by atoms with Crippen molar-refractivity contribution < 1.29 is 19.4 Å². The van der Waals surface area contributed by atoms with Crippen LogP contribution in [-0.4, -0.2) is 25.3 Å². The molecule has 0 saturated heterocycles. The first-order valence-electron chi connectivity index (χ1n) is 4.55. The molecular formula is C11H10O4S. The monoisotopic (exact) mass is 238 g/mol. The van der Waals surface area contributed by atoms with Gasteiger partial charge in [-0.15, -0.1) is 11.3 Å². The predicted octanol–water partition coefficient (Wildman–Crippen LogP) is 2.62. The Balaban J connectivity index is 2.73. The number of thiophene rings is 1. The van der Waals surface area contributed by atoms with Crippen molar-refractivity contribution in [1.82, 2.24) is 0 Å². The van der Waals surface area contributed by atoms with E-state index in [9.17, 15) is 4.79 Å². The molecular weight excluding hydrogens is 228 g/mol. The smallest absolute Gasteiger partial charge is 0.349 e. The topological polar surface area (TPSA) is 55.8 Å². The molecule has 1 heterocycles. The Kier molecular flexibility index (Phi) is 2.70. The molecule has 2 rings (SSSR count). The highest BCUT2D eigenvalue weighted by Crippen LogP contribution is 2.39. The molecule has 2 aromatic rings. The summed E-state index contributed by atoms with van der Waals surface area (Å²) in [5.41, 5.74) is 0. The van der Waals surface area contributed by atoms with Gasteiger partial charge in [-0.1, -0.05) is 0 Å². The highest BCUT2D eigenvalue weighted by Gasteiger charge is 2.18. The Morgan fingerprint density at radius 1 is 1.31 bits per heavy atom. The van der Waals surface area contributed by atoms with Crippen molar-refractivity contribution in [3.63, 3.8) is 0 Å². The van der Waals surface area contributed by atoms with E-state index in [0.717, 1.165) is 10.1 Å². The standard InChI is InChI=1S/C11H10O4S/c1-14-6-3-4-8-7(5-6)9(15-2)10(16-8)11(12)13/h3-5H,1-2H3,(H,12,13). The fourth-order valence-electron chi connectivity index (χ4n) is 1.52. The molecule has 5 heteroatoms. The van der Waals surface area contributed by atoms with Crippen LogP contribution in [0.5, 0.6) is 11.5 Å². The minimum absolute atomic E-state index is 0.214. The van der Waals surface area contributed by atoms with E-state index in [1.807, 2.05) is 6.07 Å². The molecule has 4 nitrogen and oxygen atoms in total. The third-order valence-electron chi connectivity index (χ3n) is 2.25. The molecule has 0 aliphatic carbocycles. The number of methoxy groups -OCH3 is 2. The number of fused-ring (bicyclic) bond motifs is 1. The number of carboxylic acid groups (broad SMARTS) is 1. The summed E-state index contributed by atoms with van der Waals surface area (Å²) < 4.78 is 11.1. The molecule has 0 atom stereocenters. The molecule has 16 heavy (non-hydrogen) atoms. The van der Waals surface area contributed by atoms with Crippen molar-refractivity contribution in [2.75, 3.05) is 14.2 Å². The third kappa shape index (κ3) is 1.59. The molecule has 0 spiro atoms. The molecule has 0 aliphatic rings. The minimum atomic E-state index is -0.975. The molecule has 0 fully saturated rings. The van der Waals surface area contributed by atoms with Crippen LogP contribution in [0.3, 0.4) is 0 Å². The maximum absolute atomic E-state index is 11.0. The summed E-state index contributed by atoms with van der Waals surface area (Å²) in [6.45, 7) is 0. The van der Waals surface area contributed by atoms with Crippen LogP contribution in [0.1, 0.15) is 9.67 Å². The Morgan fingerprint density at radius 2 is 2.06 bits per heavy atom. The second-order valence-electron chi connectivity index (χ2n) is 3.13. The van der Waals surface area contributed by atoms with Crippen molar-refractivity contribution in [3.05, 3.63) is 23.1 Å². The maximum Gasteiger partial charge on any atom is 0.349 e. The average molecular weight is 238 g/mol. The van der Waals surface area contributed by atoms with E-state index in [-0.39, 0.29) is 4.88 Å². The van der Waals surface area contributed by atoms with Crippen LogP contribution in [0, 0.1) is 0 Å². The number of carboxylic acids is 1. The van der Waals surface area contributed by atoms with Gasteiger partial charge in [0.15, 0.2) is 10.6 Å². The number of hydrogen-bond donors (Lipinski definition) is 1. The summed E-state index contributed by atoms with van der Waals surface area (Å²) in [6, 6.07) is 5.40. The van der Waals surface area contributed by atoms with E-state index in [2.05, 4.69) is 0 Å². The molecule has 0 unspecified atom stereocenters. The van der Waals surface area contributed by atoms with E-state index in [0.29, 0.717) is 11.5 Å². The van der Waals surface area contributed by atoms with Crippen LogP contribution in [0.4, 0.5) is 0 Å². The number of aromatic carboxylic acids is 1. The quantitative estimate of drug-likeness (QED) is 0.893. The maximum atomic E-state index is 11.0. The first-order chi connectivity index (χ1) is 7.67. The van der Waals surface area contributed by atoms with Gasteiger partial charge < -0.3 is 14.6 Å². The molecule has 0 amide bonds. The Hall–Kier alpha value is -1.75. The van der Waals surface area contributed by atoms with Gasteiger partial charge in [-0.3, -0.25) is 0 Å². The normalized spacial score (nSPS) is 10.4. The van der Waals surface area contributed by atoms with Crippen LogP contribution in [-0.2, 0) is 0 Å². The number of carbonyl (C=O) groups is 1. The number of hydrogen-bond acceptors (Lipinski definition) is 4. The molecule has 84 valence electrons. The van der Waals surface area contributed by atoms with Gasteiger partial charge in [-0.25, -0.2) is 4.79 Å². The summed E-state index contributed by atoms with van der Waals surface area (Å²) in [6.07, 6.45) is 0. The molecule has 0 aliphatic heterocycles. The minimum Gasteiger partial charge on any atom is -0.497 e. The van der Waals surface area contributed by atoms with Gasteiger partial charge in [0, 0.05) is 10.1 Å². The second-order valence-corrected chi connectivity index (χ2v) is 4.18. The summed E-state index contributed by atoms with van der Waals surface area (Å²) in [5, 5.41) is 9.79. The molecule has 1 N–H and O–H groups in total. The number of benzene rings is 1. The van der Waals surface area contributed by atoms with Crippen molar-refractivity contribution in [3.8, 4) is 11.5 Å². The van der Waals surface area contributed by atoms with E-state index < -0.39 is 5.97 Å². The first kappa shape index (κ1) is 10.8. The zero-order chi connectivity index (χ0) is 11.7. The number of ether oxygens (including phenoxy) is 2. The second kappa shape index (κ2) is 4.02. The van der Waals surface area contributed by atoms with Gasteiger partial charge in [0.25, 0.3) is 0 Å². The molecule has 1 aromatic carbocycles. The fraction of sp³-hybridized carbons (Fsp3) is 0.182. The zero-order valence-corrected chi connectivity index (χ0v) is 9.63. The highest BCUT2D eigenvalue weighted by molar-refractivity contribution is 7.21. The Morgan fingerprint density at radius 3 is 2.62 bits per heavy atom. The Labute approximate surface area is 96.0 Å². The van der Waals surface area contributed by atoms with E-state index in [4.69, 9.17) is 14.6 Å². The van der Waals surface area contributed by atoms with E-state index in [1.165, 1.54) is 18.4 Å². The molecule has 0 radical (unpaired) electrons. The van der Waals surface area contributed by atoms with Gasteiger partial charge in [-0.05, 0) is 18.2 Å². The SMILES string of the molecule is COc1ccc2sc(C(=O)O)c(OC)c2c1. The van der Waals surface area contributed by atoms with Gasteiger partial charge in [0.1, 0.15) is 5.75 Å². The van der Waals surface area contributed by atoms with E-state index in [1.54, 1.807) is 19.2 Å². The lowest BCUT2D eigenvalue weighted by molar-refractivity contribution is 0.0699. The van der Waals surface area contributed by atoms with Crippen LogP contribution in [0.15, 0.2) is 18.2 Å². The molecule has 0 saturated carbocycles. The average Bonchev–Trinajstić information content (AvgIpc) is 2.66. The highest BCUT2D eigenvalue weighted by atomic mass is 32.1. The summed E-state index contributed by atoms with van der Waals surface area (Å²) in [7, 11) is 3.03. The van der Waals surface area contributed by atoms with Crippen LogP contribution >= 0.6 is 11.3 Å². The van der Waals surface area contributed by atoms with Gasteiger partial charge in [-0.2, -0.15) is 0 Å². The fourth-order valence-corrected chi connectivity index (χ4v) is 2.52. The van der Waals surface area contributed by atoms with Gasteiger partial charge in [0.2, 0.25) is 0 Å². The third-order valence-corrected chi connectivity index (χ3v) is 3.39. The molecule has 1 aromatic heterocycles. The van der Waals surface area contributed by atoms with Gasteiger partial charge >= 0.3 is 5.97 Å². The van der Waals surface area contributed by atoms with Crippen LogP contribution < -0.4 is 9.47 Å². The Bertz CT molecular complexity index is 544. The van der Waals surface area contributed by atoms with Crippen molar-refractivity contribution in [2.24, 2.45) is 0 Å². The van der Waals surface area contributed by atoms with Crippen molar-refractivity contribution in [2.45, 2.75) is 0 Å². The summed E-state index contributed by atoms with van der Waals surface area (Å²) in [5.74, 6) is 0.101. The summed E-state index contributed by atoms with van der Waals surface area (Å²) in [4.78, 5) is 11.2. The largest absolute Gasteiger partial charge is 0.497 e. The number of rotatable bonds is 3. The van der Waals surface area contributed by atoms with Crippen LogP contribution in [0.2, 0.25) is 0 Å². The van der Waals surface area contributed by atoms with E-state index >= 15 is 0 Å². The lowest BCUT2D eigenvalue weighted by atomic mass is 10.2. The molecule has 0 bridgehead atoms. The van der Waals surface area contributed by atoms with Crippen molar-refractivity contribution in [1.29, 1.82) is 0 Å².